The summed E-state index contributed by atoms with van der Waals surface area (Å²) in [5, 5.41) is 14.9. The van der Waals surface area contributed by atoms with Crippen molar-refractivity contribution in [1.29, 1.82) is 0 Å². The maximum atomic E-state index is 11.2. The third kappa shape index (κ3) is 2.38. The van der Waals surface area contributed by atoms with Gasteiger partial charge in [-0.2, -0.15) is 0 Å². The van der Waals surface area contributed by atoms with Gasteiger partial charge in [-0.05, 0) is 38.3 Å². The fourth-order valence-electron chi connectivity index (χ4n) is 3.61. The molecule has 0 amide bonds. The Hall–Kier alpha value is -1.33. The highest BCUT2D eigenvalue weighted by atomic mass is 35.5. The van der Waals surface area contributed by atoms with Crippen molar-refractivity contribution in [2.75, 3.05) is 11.9 Å². The van der Waals surface area contributed by atoms with Crippen LogP contribution in [0.3, 0.4) is 0 Å². The lowest BCUT2D eigenvalue weighted by Crippen LogP contribution is -2.64. The minimum absolute atomic E-state index is 0.0387. The van der Waals surface area contributed by atoms with Crippen LogP contribution in [-0.2, 0) is 4.74 Å². The number of rotatable bonds is 5. The quantitative estimate of drug-likeness (QED) is 0.659. The molecule has 1 aromatic carbocycles. The van der Waals surface area contributed by atoms with Crippen LogP contribution >= 0.6 is 11.6 Å². The van der Waals surface area contributed by atoms with Crippen LogP contribution in [0.1, 0.15) is 32.6 Å². The van der Waals surface area contributed by atoms with Gasteiger partial charge in [-0.1, -0.05) is 18.0 Å². The first-order valence-electron chi connectivity index (χ1n) is 7.39. The average Bonchev–Trinajstić information content (AvgIpc) is 2.36. The highest BCUT2D eigenvalue weighted by Gasteiger charge is 2.59. The molecule has 2 saturated carbocycles. The van der Waals surface area contributed by atoms with Crippen molar-refractivity contribution in [1.82, 2.24) is 0 Å². The second kappa shape index (κ2) is 5.46. The Labute approximate surface area is 128 Å². The van der Waals surface area contributed by atoms with Gasteiger partial charge in [0.05, 0.1) is 11.0 Å². The van der Waals surface area contributed by atoms with Crippen molar-refractivity contribution in [2.24, 2.45) is 5.41 Å². The molecular weight excluding hydrogens is 292 g/mol. The molecule has 1 aromatic rings. The van der Waals surface area contributed by atoms with Gasteiger partial charge in [0.2, 0.25) is 0 Å². The predicted octanol–water partition coefficient (Wildman–Crippen LogP) is 4.01. The molecule has 0 saturated heterocycles. The molecule has 0 aromatic heterocycles. The van der Waals surface area contributed by atoms with E-state index in [0.717, 1.165) is 25.9 Å². The van der Waals surface area contributed by atoms with Gasteiger partial charge in [0.1, 0.15) is 5.69 Å². The van der Waals surface area contributed by atoms with Crippen LogP contribution in [0.15, 0.2) is 18.2 Å². The molecule has 2 atom stereocenters. The van der Waals surface area contributed by atoms with Gasteiger partial charge in [0.15, 0.2) is 0 Å². The Bertz CT molecular complexity index is 560. The number of hydrogen-bond donors (Lipinski definition) is 1. The van der Waals surface area contributed by atoms with Crippen LogP contribution in [0.25, 0.3) is 0 Å². The van der Waals surface area contributed by atoms with Crippen molar-refractivity contribution in [3.8, 4) is 0 Å². The van der Waals surface area contributed by atoms with Crippen molar-refractivity contribution in [2.45, 2.75) is 44.8 Å². The molecule has 0 bridgehead atoms. The largest absolute Gasteiger partial charge is 0.378 e. The van der Waals surface area contributed by atoms with E-state index in [1.54, 1.807) is 12.1 Å². The zero-order valence-corrected chi connectivity index (χ0v) is 12.7. The van der Waals surface area contributed by atoms with Crippen LogP contribution < -0.4 is 5.32 Å². The lowest BCUT2D eigenvalue weighted by atomic mass is 9.51. The zero-order valence-electron chi connectivity index (χ0n) is 12.0. The molecule has 1 N–H and O–H groups in total. The summed E-state index contributed by atoms with van der Waals surface area (Å²) in [6.07, 6.45) is 4.69. The summed E-state index contributed by atoms with van der Waals surface area (Å²) < 4.78 is 5.81. The number of nitro groups is 1. The molecule has 0 radical (unpaired) electrons. The third-order valence-corrected chi connectivity index (χ3v) is 5.16. The molecule has 6 heteroatoms. The highest BCUT2D eigenvalue weighted by Crippen LogP contribution is 2.58. The number of nitrogens with zero attached hydrogens (tertiary/aromatic N) is 1. The summed E-state index contributed by atoms with van der Waals surface area (Å²) in [6.45, 7) is 2.73. The molecular formula is C15H19ClN2O3. The second-order valence-electron chi connectivity index (χ2n) is 5.88. The van der Waals surface area contributed by atoms with E-state index in [1.165, 1.54) is 12.5 Å². The van der Waals surface area contributed by atoms with Gasteiger partial charge >= 0.3 is 0 Å². The minimum Gasteiger partial charge on any atom is -0.378 e. The third-order valence-electron chi connectivity index (χ3n) is 4.92. The number of nitro benzene ring substituents is 1. The van der Waals surface area contributed by atoms with E-state index in [9.17, 15) is 10.1 Å². The Morgan fingerprint density at radius 3 is 2.86 bits per heavy atom. The summed E-state index contributed by atoms with van der Waals surface area (Å²) in [7, 11) is 0. The Balaban J connectivity index is 1.77. The van der Waals surface area contributed by atoms with E-state index in [-0.39, 0.29) is 22.1 Å². The smallest absolute Gasteiger partial charge is 0.293 e. The first-order valence-corrected chi connectivity index (χ1v) is 7.76. The fourth-order valence-corrected chi connectivity index (χ4v) is 3.77. The molecule has 2 aliphatic rings. The van der Waals surface area contributed by atoms with Gasteiger partial charge < -0.3 is 10.1 Å². The number of hydrogen-bond acceptors (Lipinski definition) is 4. The molecule has 0 heterocycles. The maximum Gasteiger partial charge on any atom is 0.293 e. The number of halogens is 1. The van der Waals surface area contributed by atoms with Crippen molar-refractivity contribution < 1.29 is 9.66 Å². The Morgan fingerprint density at radius 1 is 1.52 bits per heavy atom. The molecule has 1 spiro atoms. The number of anilines is 1. The molecule has 2 fully saturated rings. The highest BCUT2D eigenvalue weighted by molar-refractivity contribution is 6.30. The normalized spacial score (nSPS) is 26.0. The molecule has 114 valence electrons. The number of ether oxygens (including phenoxy) is 1. The summed E-state index contributed by atoms with van der Waals surface area (Å²) in [5.74, 6) is 0. The zero-order chi connectivity index (χ0) is 15.0. The summed E-state index contributed by atoms with van der Waals surface area (Å²) >= 11 is 5.85. The number of benzene rings is 1. The van der Waals surface area contributed by atoms with E-state index in [0.29, 0.717) is 16.8 Å². The average molecular weight is 311 g/mol. The lowest BCUT2D eigenvalue weighted by molar-refractivity contribution is -0.384. The Kier molecular flexibility index (Phi) is 3.80. The van der Waals surface area contributed by atoms with E-state index in [1.807, 2.05) is 6.92 Å². The van der Waals surface area contributed by atoms with Crippen molar-refractivity contribution in [3.05, 3.63) is 33.3 Å². The molecule has 5 nitrogen and oxygen atoms in total. The van der Waals surface area contributed by atoms with Crippen LogP contribution in [0.4, 0.5) is 11.4 Å². The molecule has 0 aliphatic heterocycles. The monoisotopic (exact) mass is 310 g/mol. The summed E-state index contributed by atoms with van der Waals surface area (Å²) in [5.41, 5.74) is 0.760. The fraction of sp³-hybridized carbons (Fsp3) is 0.600. The van der Waals surface area contributed by atoms with E-state index < -0.39 is 0 Å². The number of nitrogens with one attached hydrogen (secondary N) is 1. The van der Waals surface area contributed by atoms with Gasteiger partial charge in [-0.25, -0.2) is 0 Å². The molecule has 3 rings (SSSR count). The second-order valence-corrected chi connectivity index (χ2v) is 6.32. The Morgan fingerprint density at radius 2 is 2.29 bits per heavy atom. The summed E-state index contributed by atoms with van der Waals surface area (Å²) in [4.78, 5) is 10.8. The molecule has 21 heavy (non-hydrogen) atoms. The van der Waals surface area contributed by atoms with Gasteiger partial charge in [-0.15, -0.1) is 0 Å². The SMILES string of the molecule is CCOC1CC(Nc2ccc(Cl)cc2[N+](=O)[O-])C12CCC2. The van der Waals surface area contributed by atoms with Crippen LogP contribution in [0, 0.1) is 15.5 Å². The first-order chi connectivity index (χ1) is 10.1. The standard InChI is InChI=1S/C15H19ClN2O3/c1-2-21-14-9-13(15(14)6-3-7-15)17-11-5-4-10(16)8-12(11)18(19)20/h4-5,8,13-14,17H,2-3,6-7,9H2,1H3. The first kappa shape index (κ1) is 14.6. The lowest BCUT2D eigenvalue weighted by Gasteiger charge is -2.61. The molecule has 2 aliphatic carbocycles. The van der Waals surface area contributed by atoms with E-state index in [4.69, 9.17) is 16.3 Å². The van der Waals surface area contributed by atoms with Gasteiger partial charge in [0, 0.05) is 29.2 Å². The van der Waals surface area contributed by atoms with Crippen LogP contribution in [0.5, 0.6) is 0 Å². The van der Waals surface area contributed by atoms with Crippen LogP contribution in [-0.4, -0.2) is 23.7 Å². The van der Waals surface area contributed by atoms with Crippen molar-refractivity contribution in [3.63, 3.8) is 0 Å². The molecule has 2 unspecified atom stereocenters. The predicted molar refractivity (Wildman–Crippen MR) is 81.8 cm³/mol. The van der Waals surface area contributed by atoms with Gasteiger partial charge in [0.25, 0.3) is 5.69 Å². The maximum absolute atomic E-state index is 11.2. The summed E-state index contributed by atoms with van der Waals surface area (Å²) in [6, 6.07) is 5.03. The van der Waals surface area contributed by atoms with E-state index >= 15 is 0 Å². The van der Waals surface area contributed by atoms with Gasteiger partial charge in [-0.3, -0.25) is 10.1 Å². The topological polar surface area (TPSA) is 64.4 Å². The van der Waals surface area contributed by atoms with E-state index in [2.05, 4.69) is 5.32 Å². The van der Waals surface area contributed by atoms with Crippen molar-refractivity contribution >= 4 is 23.0 Å². The van der Waals surface area contributed by atoms with Crippen LogP contribution in [0.2, 0.25) is 5.02 Å². The minimum atomic E-state index is -0.389.